The summed E-state index contributed by atoms with van der Waals surface area (Å²) in [6.07, 6.45) is 2.40. The molecule has 0 aliphatic carbocycles. The number of rotatable bonds is 3. The maximum atomic E-state index is 6.22. The molecule has 0 spiro atoms. The van der Waals surface area contributed by atoms with Crippen LogP contribution in [0.4, 0.5) is 5.69 Å². The highest BCUT2D eigenvalue weighted by Gasteiger charge is 2.31. The summed E-state index contributed by atoms with van der Waals surface area (Å²) in [6.45, 7) is 0. The van der Waals surface area contributed by atoms with Gasteiger partial charge in [-0.2, -0.15) is 5.10 Å². The predicted octanol–water partition coefficient (Wildman–Crippen LogP) is 5.94. The van der Waals surface area contributed by atoms with Crippen LogP contribution in [0.5, 0.6) is 0 Å². The third-order valence-electron chi connectivity index (χ3n) is 4.07. The lowest BCUT2D eigenvalue weighted by Crippen LogP contribution is -2.18. The van der Waals surface area contributed by atoms with Crippen LogP contribution in [-0.2, 0) is 0 Å². The van der Waals surface area contributed by atoms with E-state index in [1.807, 2.05) is 65.7 Å². The van der Waals surface area contributed by atoms with Gasteiger partial charge in [-0.25, -0.2) is 0 Å². The average Bonchev–Trinajstić information content (AvgIpc) is 3.27. The normalized spacial score (nSPS) is 17.2. The number of nitrogens with zero attached hydrogens (tertiary/aromatic N) is 2. The fourth-order valence-corrected chi connectivity index (χ4v) is 3.21. The maximum absolute atomic E-state index is 6.22. The summed E-state index contributed by atoms with van der Waals surface area (Å²) in [5, 5.41) is 7.90. The molecule has 24 heavy (non-hydrogen) atoms. The predicted molar refractivity (Wildman–Crippen MR) is 98.0 cm³/mol. The van der Waals surface area contributed by atoms with Crippen LogP contribution in [0.15, 0.2) is 76.4 Å². The van der Waals surface area contributed by atoms with Crippen molar-refractivity contribution in [2.24, 2.45) is 5.10 Å². The van der Waals surface area contributed by atoms with Gasteiger partial charge in [0.25, 0.3) is 0 Å². The Morgan fingerprint density at radius 3 is 2.50 bits per heavy atom. The van der Waals surface area contributed by atoms with Gasteiger partial charge in [-0.15, -0.1) is 0 Å². The number of para-hydroxylation sites is 1. The number of hydrazone groups is 1. The minimum atomic E-state index is 0.0438. The van der Waals surface area contributed by atoms with Crippen molar-refractivity contribution in [1.82, 2.24) is 0 Å². The first-order chi connectivity index (χ1) is 11.7. The number of hydrogen-bond acceptors (Lipinski definition) is 3. The Morgan fingerprint density at radius 2 is 1.79 bits per heavy atom. The molecule has 4 rings (SSSR count). The first-order valence-corrected chi connectivity index (χ1v) is 8.38. The van der Waals surface area contributed by atoms with Gasteiger partial charge in [0.05, 0.1) is 28.0 Å². The zero-order chi connectivity index (χ0) is 16.5. The number of furan rings is 1. The Kier molecular flexibility index (Phi) is 4.05. The molecule has 1 unspecified atom stereocenters. The molecule has 1 aliphatic heterocycles. The van der Waals surface area contributed by atoms with E-state index in [2.05, 4.69) is 0 Å². The lowest BCUT2D eigenvalue weighted by atomic mass is 10.0. The van der Waals surface area contributed by atoms with Gasteiger partial charge >= 0.3 is 0 Å². The lowest BCUT2D eigenvalue weighted by molar-refractivity contribution is 0.556. The summed E-state index contributed by atoms with van der Waals surface area (Å²) >= 11 is 12.3. The Hall–Kier alpha value is -2.23. The zero-order valence-corrected chi connectivity index (χ0v) is 14.2. The minimum absolute atomic E-state index is 0.0438. The first kappa shape index (κ1) is 15.3. The van der Waals surface area contributed by atoms with Crippen LogP contribution in [0.2, 0.25) is 10.0 Å². The quantitative estimate of drug-likeness (QED) is 0.580. The van der Waals surface area contributed by atoms with Gasteiger partial charge in [-0.1, -0.05) is 47.5 Å². The van der Waals surface area contributed by atoms with Crippen LogP contribution in [0.25, 0.3) is 0 Å². The molecule has 0 amide bonds. The Labute approximate surface area is 150 Å². The highest BCUT2D eigenvalue weighted by molar-refractivity contribution is 6.42. The van der Waals surface area contributed by atoms with Gasteiger partial charge in [0.15, 0.2) is 0 Å². The summed E-state index contributed by atoms with van der Waals surface area (Å²) in [6, 6.07) is 19.7. The van der Waals surface area contributed by atoms with E-state index in [9.17, 15) is 0 Å². The van der Waals surface area contributed by atoms with E-state index >= 15 is 0 Å². The fraction of sp³-hybridized carbons (Fsp3) is 0.105. The zero-order valence-electron chi connectivity index (χ0n) is 12.7. The Balaban J connectivity index is 1.76. The van der Waals surface area contributed by atoms with Crippen LogP contribution in [0, 0.1) is 0 Å². The molecule has 0 N–H and O–H groups in total. The first-order valence-electron chi connectivity index (χ1n) is 7.63. The molecule has 0 saturated heterocycles. The summed E-state index contributed by atoms with van der Waals surface area (Å²) in [7, 11) is 0. The summed E-state index contributed by atoms with van der Waals surface area (Å²) in [5.41, 5.74) is 3.01. The highest BCUT2D eigenvalue weighted by atomic mass is 35.5. The highest BCUT2D eigenvalue weighted by Crippen LogP contribution is 2.38. The third kappa shape index (κ3) is 2.81. The fourth-order valence-electron chi connectivity index (χ4n) is 2.90. The second-order valence-electron chi connectivity index (χ2n) is 5.60. The molecule has 5 heteroatoms. The lowest BCUT2D eigenvalue weighted by Gasteiger charge is -2.24. The summed E-state index contributed by atoms with van der Waals surface area (Å²) < 4.78 is 5.52. The van der Waals surface area contributed by atoms with Crippen molar-refractivity contribution >= 4 is 34.6 Å². The molecule has 0 radical (unpaired) electrons. The van der Waals surface area contributed by atoms with E-state index in [1.54, 1.807) is 6.26 Å². The molecule has 1 aliphatic rings. The van der Waals surface area contributed by atoms with E-state index < -0.39 is 0 Å². The largest absolute Gasteiger partial charge is 0.463 e. The SMILES string of the molecule is Clc1ccc(C2CC(c3ccco3)=NN2c2ccccc2)cc1Cl. The molecule has 0 bridgehead atoms. The summed E-state index contributed by atoms with van der Waals surface area (Å²) in [4.78, 5) is 0. The van der Waals surface area contributed by atoms with Crippen LogP contribution in [0.1, 0.15) is 23.8 Å². The van der Waals surface area contributed by atoms with Gasteiger partial charge in [-0.05, 0) is 42.0 Å². The second kappa shape index (κ2) is 6.34. The van der Waals surface area contributed by atoms with Crippen LogP contribution in [-0.4, -0.2) is 5.71 Å². The molecule has 2 heterocycles. The molecule has 1 aromatic heterocycles. The molecular formula is C19H14Cl2N2O. The Bertz CT molecular complexity index is 876. The topological polar surface area (TPSA) is 28.7 Å². The van der Waals surface area contributed by atoms with Gasteiger partial charge in [0.1, 0.15) is 11.5 Å². The summed E-state index contributed by atoms with van der Waals surface area (Å²) in [5.74, 6) is 0.790. The number of hydrogen-bond donors (Lipinski definition) is 0. The van der Waals surface area contributed by atoms with E-state index in [0.717, 1.165) is 29.1 Å². The van der Waals surface area contributed by atoms with E-state index in [1.165, 1.54) is 0 Å². The minimum Gasteiger partial charge on any atom is -0.463 e. The van der Waals surface area contributed by atoms with Crippen molar-refractivity contribution in [3.63, 3.8) is 0 Å². The van der Waals surface area contributed by atoms with Crippen molar-refractivity contribution < 1.29 is 4.42 Å². The van der Waals surface area contributed by atoms with E-state index in [4.69, 9.17) is 32.7 Å². The molecule has 1 atom stereocenters. The van der Waals surface area contributed by atoms with Crippen molar-refractivity contribution in [2.45, 2.75) is 12.5 Å². The van der Waals surface area contributed by atoms with Crippen molar-refractivity contribution in [2.75, 3.05) is 5.01 Å². The molecule has 3 aromatic rings. The molecular weight excluding hydrogens is 343 g/mol. The number of halogens is 2. The maximum Gasteiger partial charge on any atom is 0.149 e. The van der Waals surface area contributed by atoms with Gasteiger partial charge in [0.2, 0.25) is 0 Å². The van der Waals surface area contributed by atoms with Crippen LogP contribution >= 0.6 is 23.2 Å². The van der Waals surface area contributed by atoms with Crippen molar-refractivity contribution in [3.05, 3.63) is 88.3 Å². The van der Waals surface area contributed by atoms with Gasteiger partial charge in [0, 0.05) is 6.42 Å². The molecule has 120 valence electrons. The third-order valence-corrected chi connectivity index (χ3v) is 4.80. The number of anilines is 1. The molecule has 2 aromatic carbocycles. The second-order valence-corrected chi connectivity index (χ2v) is 6.41. The Morgan fingerprint density at radius 1 is 0.958 bits per heavy atom. The standard InChI is InChI=1S/C19H14Cl2N2O/c20-15-9-8-13(11-16(15)21)18-12-17(19-7-4-10-24-19)22-23(18)14-5-2-1-3-6-14/h1-11,18H,12H2. The van der Waals surface area contributed by atoms with Crippen molar-refractivity contribution in [1.29, 1.82) is 0 Å². The number of benzene rings is 2. The molecule has 3 nitrogen and oxygen atoms in total. The van der Waals surface area contributed by atoms with Gasteiger partial charge in [-0.3, -0.25) is 5.01 Å². The van der Waals surface area contributed by atoms with Crippen LogP contribution in [0.3, 0.4) is 0 Å². The smallest absolute Gasteiger partial charge is 0.149 e. The monoisotopic (exact) mass is 356 g/mol. The van der Waals surface area contributed by atoms with Crippen LogP contribution < -0.4 is 5.01 Å². The van der Waals surface area contributed by atoms with E-state index in [0.29, 0.717) is 10.0 Å². The molecule has 0 fully saturated rings. The molecule has 0 saturated carbocycles. The van der Waals surface area contributed by atoms with E-state index in [-0.39, 0.29) is 6.04 Å². The van der Waals surface area contributed by atoms with Crippen molar-refractivity contribution in [3.8, 4) is 0 Å². The average molecular weight is 357 g/mol. The van der Waals surface area contributed by atoms with Gasteiger partial charge < -0.3 is 4.42 Å².